The molecule has 0 amide bonds. The van der Waals surface area contributed by atoms with Gasteiger partial charge in [-0.2, -0.15) is 0 Å². The van der Waals surface area contributed by atoms with Gasteiger partial charge in [0.2, 0.25) is 0 Å². The molecule has 0 aliphatic rings. The van der Waals surface area contributed by atoms with E-state index in [2.05, 4.69) is 0 Å². The first kappa shape index (κ1) is 15.2. The molecule has 3 nitrogen and oxygen atoms in total. The molecule has 3 atom stereocenters. The second kappa shape index (κ2) is 6.88. The van der Waals surface area contributed by atoms with Crippen molar-refractivity contribution in [1.82, 2.24) is 0 Å². The van der Waals surface area contributed by atoms with Crippen molar-refractivity contribution in [2.75, 3.05) is 0 Å². The van der Waals surface area contributed by atoms with Crippen molar-refractivity contribution in [3.05, 3.63) is 34.9 Å². The second-order valence-corrected chi connectivity index (χ2v) is 5.21. The molecule has 0 fully saturated rings. The highest BCUT2D eigenvalue weighted by molar-refractivity contribution is 5.36. The largest absolute Gasteiger partial charge is 0.393 e. The Hall–Kier alpha value is -0.900. The first-order valence-corrected chi connectivity index (χ1v) is 6.54. The Kier molecular flexibility index (Phi) is 5.79. The van der Waals surface area contributed by atoms with Crippen LogP contribution in [0.3, 0.4) is 0 Å². The van der Waals surface area contributed by atoms with Crippen molar-refractivity contribution in [2.45, 2.75) is 58.3 Å². The Bertz CT molecular complexity index is 342. The average molecular weight is 252 g/mol. The molecule has 3 N–H and O–H groups in total. The van der Waals surface area contributed by atoms with E-state index in [-0.39, 0.29) is 0 Å². The van der Waals surface area contributed by atoms with Crippen LogP contribution in [0.25, 0.3) is 0 Å². The maximum Gasteiger partial charge on any atom is 0.0552 e. The van der Waals surface area contributed by atoms with Gasteiger partial charge in [-0.05, 0) is 56.7 Å². The van der Waals surface area contributed by atoms with Gasteiger partial charge in [0, 0.05) is 0 Å². The number of benzene rings is 1. The smallest absolute Gasteiger partial charge is 0.0552 e. The Morgan fingerprint density at radius 3 is 1.50 bits per heavy atom. The van der Waals surface area contributed by atoms with Gasteiger partial charge in [-0.25, -0.2) is 0 Å². The summed E-state index contributed by atoms with van der Waals surface area (Å²) < 4.78 is 0. The van der Waals surface area contributed by atoms with Crippen LogP contribution in [-0.4, -0.2) is 33.6 Å². The van der Waals surface area contributed by atoms with Crippen molar-refractivity contribution in [3.8, 4) is 0 Å². The minimum absolute atomic E-state index is 0.403. The highest BCUT2D eigenvalue weighted by Crippen LogP contribution is 2.20. The SMILES string of the molecule is CC(O)Cc1cccc(CC(C)O)c1CC(C)O. The number of hydrogen-bond acceptors (Lipinski definition) is 3. The van der Waals surface area contributed by atoms with E-state index in [1.54, 1.807) is 20.8 Å². The molecule has 1 aromatic carbocycles. The van der Waals surface area contributed by atoms with Crippen molar-refractivity contribution in [1.29, 1.82) is 0 Å². The average Bonchev–Trinajstić information content (AvgIpc) is 2.20. The predicted molar refractivity (Wildman–Crippen MR) is 72.6 cm³/mol. The zero-order chi connectivity index (χ0) is 13.7. The Labute approximate surface area is 109 Å². The van der Waals surface area contributed by atoms with Crippen molar-refractivity contribution in [2.24, 2.45) is 0 Å². The lowest BCUT2D eigenvalue weighted by Crippen LogP contribution is -2.15. The quantitative estimate of drug-likeness (QED) is 0.718. The van der Waals surface area contributed by atoms with E-state index in [0.29, 0.717) is 19.3 Å². The molecule has 0 saturated carbocycles. The van der Waals surface area contributed by atoms with Gasteiger partial charge in [-0.15, -0.1) is 0 Å². The second-order valence-electron chi connectivity index (χ2n) is 5.21. The summed E-state index contributed by atoms with van der Waals surface area (Å²) in [5, 5.41) is 28.6. The van der Waals surface area contributed by atoms with Crippen LogP contribution >= 0.6 is 0 Å². The molecular formula is C15H24O3. The molecule has 0 spiro atoms. The van der Waals surface area contributed by atoms with Gasteiger partial charge >= 0.3 is 0 Å². The van der Waals surface area contributed by atoms with Crippen molar-refractivity contribution >= 4 is 0 Å². The van der Waals surface area contributed by atoms with Crippen LogP contribution in [0, 0.1) is 0 Å². The molecule has 3 unspecified atom stereocenters. The lowest BCUT2D eigenvalue weighted by atomic mass is 9.91. The molecule has 0 saturated heterocycles. The molecule has 18 heavy (non-hydrogen) atoms. The summed E-state index contributed by atoms with van der Waals surface area (Å²) in [4.78, 5) is 0. The first-order valence-electron chi connectivity index (χ1n) is 6.54. The van der Waals surface area contributed by atoms with Gasteiger partial charge in [0.25, 0.3) is 0 Å². The lowest BCUT2D eigenvalue weighted by Gasteiger charge is -2.18. The summed E-state index contributed by atoms with van der Waals surface area (Å²) in [7, 11) is 0. The van der Waals surface area contributed by atoms with Crippen LogP contribution in [-0.2, 0) is 19.3 Å². The Morgan fingerprint density at radius 2 is 1.17 bits per heavy atom. The fourth-order valence-electron chi connectivity index (χ4n) is 2.26. The van der Waals surface area contributed by atoms with Crippen LogP contribution in [0.4, 0.5) is 0 Å². The third-order valence-corrected chi connectivity index (χ3v) is 2.90. The number of rotatable bonds is 6. The zero-order valence-corrected chi connectivity index (χ0v) is 11.4. The van der Waals surface area contributed by atoms with Crippen molar-refractivity contribution < 1.29 is 15.3 Å². The zero-order valence-electron chi connectivity index (χ0n) is 11.4. The molecule has 102 valence electrons. The van der Waals surface area contributed by atoms with Crippen LogP contribution in [0.2, 0.25) is 0 Å². The molecule has 0 aromatic heterocycles. The summed E-state index contributed by atoms with van der Waals surface area (Å²) in [6, 6.07) is 5.91. The minimum atomic E-state index is -0.423. The predicted octanol–water partition coefficient (Wildman–Crippen LogP) is 1.46. The lowest BCUT2D eigenvalue weighted by molar-refractivity contribution is 0.185. The molecule has 3 heteroatoms. The third-order valence-electron chi connectivity index (χ3n) is 2.90. The van der Waals surface area contributed by atoms with Gasteiger partial charge in [0.05, 0.1) is 18.3 Å². The Morgan fingerprint density at radius 1 is 0.778 bits per heavy atom. The van der Waals surface area contributed by atoms with E-state index in [1.165, 1.54) is 0 Å². The maximum atomic E-state index is 9.60. The maximum absolute atomic E-state index is 9.60. The van der Waals surface area contributed by atoms with E-state index < -0.39 is 18.3 Å². The number of aliphatic hydroxyl groups is 3. The fourth-order valence-corrected chi connectivity index (χ4v) is 2.26. The topological polar surface area (TPSA) is 60.7 Å². The molecular weight excluding hydrogens is 228 g/mol. The standard InChI is InChI=1S/C15H24O3/c1-10(16)7-13-5-4-6-14(8-11(2)17)15(13)9-12(3)18/h4-6,10-12,16-18H,7-9H2,1-3H3. The van der Waals surface area contributed by atoms with Crippen molar-refractivity contribution in [3.63, 3.8) is 0 Å². The number of aliphatic hydroxyl groups excluding tert-OH is 3. The summed E-state index contributed by atoms with van der Waals surface area (Å²) >= 11 is 0. The minimum Gasteiger partial charge on any atom is -0.393 e. The van der Waals surface area contributed by atoms with Crippen LogP contribution < -0.4 is 0 Å². The highest BCUT2D eigenvalue weighted by atomic mass is 16.3. The summed E-state index contributed by atoms with van der Waals surface area (Å²) in [6.07, 6.45) is 0.489. The van der Waals surface area contributed by atoms with Crippen LogP contribution in [0.1, 0.15) is 37.5 Å². The fraction of sp³-hybridized carbons (Fsp3) is 0.600. The summed E-state index contributed by atoms with van der Waals surface area (Å²) in [5.74, 6) is 0. The normalized spacial score (nSPS) is 16.3. The first-order chi connectivity index (χ1) is 8.40. The van der Waals surface area contributed by atoms with Crippen LogP contribution in [0.15, 0.2) is 18.2 Å². The third kappa shape index (κ3) is 4.77. The van der Waals surface area contributed by atoms with Gasteiger partial charge in [0.1, 0.15) is 0 Å². The van der Waals surface area contributed by atoms with E-state index in [0.717, 1.165) is 16.7 Å². The van der Waals surface area contributed by atoms with Crippen LogP contribution in [0.5, 0.6) is 0 Å². The van der Waals surface area contributed by atoms with Gasteiger partial charge in [0.15, 0.2) is 0 Å². The Balaban J connectivity index is 3.08. The summed E-state index contributed by atoms with van der Waals surface area (Å²) in [6.45, 7) is 5.27. The highest BCUT2D eigenvalue weighted by Gasteiger charge is 2.13. The molecule has 0 aliphatic carbocycles. The molecule has 0 bridgehead atoms. The number of hydrogen-bond donors (Lipinski definition) is 3. The molecule has 0 heterocycles. The molecule has 0 radical (unpaired) electrons. The van der Waals surface area contributed by atoms with E-state index in [1.807, 2.05) is 18.2 Å². The molecule has 1 aromatic rings. The van der Waals surface area contributed by atoms with E-state index in [9.17, 15) is 15.3 Å². The monoisotopic (exact) mass is 252 g/mol. The molecule has 1 rings (SSSR count). The van der Waals surface area contributed by atoms with Gasteiger partial charge < -0.3 is 15.3 Å². The molecule has 0 aliphatic heterocycles. The van der Waals surface area contributed by atoms with E-state index in [4.69, 9.17) is 0 Å². The van der Waals surface area contributed by atoms with E-state index >= 15 is 0 Å². The van der Waals surface area contributed by atoms with Gasteiger partial charge in [-0.3, -0.25) is 0 Å². The summed E-state index contributed by atoms with van der Waals surface area (Å²) in [5.41, 5.74) is 3.18. The van der Waals surface area contributed by atoms with Gasteiger partial charge in [-0.1, -0.05) is 18.2 Å².